The molecule has 0 aliphatic carbocycles. The van der Waals surface area contributed by atoms with Gasteiger partial charge in [0.25, 0.3) is 0 Å². The molecule has 0 aromatic heterocycles. The molecule has 2 aliphatic rings. The zero-order valence-electron chi connectivity index (χ0n) is 8.00. The first-order chi connectivity index (χ1) is 6.26. The topological polar surface area (TPSA) is 23.5 Å². The van der Waals surface area contributed by atoms with Gasteiger partial charge in [-0.3, -0.25) is 4.90 Å². The molecular weight excluding hydrogens is 162 g/mol. The van der Waals surface area contributed by atoms with E-state index in [2.05, 4.69) is 10.8 Å². The summed E-state index contributed by atoms with van der Waals surface area (Å²) in [5.41, 5.74) is -0.574. The predicted octanol–water partition coefficient (Wildman–Crippen LogP) is 0.999. The quantitative estimate of drug-likeness (QED) is 0.607. The number of fused-ring (bicyclic) bond motifs is 1. The first kappa shape index (κ1) is 9.05. The van der Waals surface area contributed by atoms with Crippen LogP contribution in [0.25, 0.3) is 0 Å². The second-order valence-electron chi connectivity index (χ2n) is 4.28. The molecule has 2 unspecified atom stereocenters. The van der Waals surface area contributed by atoms with Gasteiger partial charge in [0.1, 0.15) is 0 Å². The fraction of sp³-hybridized carbons (Fsp3) is 0.818. The Balaban J connectivity index is 2.10. The molecule has 2 nitrogen and oxygen atoms in total. The summed E-state index contributed by atoms with van der Waals surface area (Å²) in [6.07, 6.45) is 10.3. The van der Waals surface area contributed by atoms with Gasteiger partial charge in [0.15, 0.2) is 0 Å². The first-order valence-electron chi connectivity index (χ1n) is 5.16. The van der Waals surface area contributed by atoms with E-state index in [0.29, 0.717) is 12.5 Å². The van der Waals surface area contributed by atoms with Crippen molar-refractivity contribution in [3.8, 4) is 12.3 Å². The third kappa shape index (κ3) is 1.47. The molecule has 13 heavy (non-hydrogen) atoms. The molecule has 0 aromatic rings. The molecule has 2 aliphatic heterocycles. The highest BCUT2D eigenvalue weighted by Crippen LogP contribution is 2.36. The maximum Gasteiger partial charge on any atom is 0.0922 e. The number of rotatable bonds is 1. The van der Waals surface area contributed by atoms with E-state index in [1.807, 2.05) is 0 Å². The summed E-state index contributed by atoms with van der Waals surface area (Å²) in [6, 6.07) is 0.345. The third-order valence-electron chi connectivity index (χ3n) is 3.47. The van der Waals surface area contributed by atoms with Crippen molar-refractivity contribution in [2.45, 2.75) is 43.7 Å². The van der Waals surface area contributed by atoms with Gasteiger partial charge in [-0.2, -0.15) is 0 Å². The van der Waals surface area contributed by atoms with Crippen LogP contribution in [0.3, 0.4) is 0 Å². The second kappa shape index (κ2) is 3.32. The summed E-state index contributed by atoms with van der Waals surface area (Å²) in [5, 5.41) is 10.3. The average Bonchev–Trinajstić information content (AvgIpc) is 2.46. The van der Waals surface area contributed by atoms with Crippen LogP contribution in [-0.4, -0.2) is 34.7 Å². The lowest BCUT2D eigenvalue weighted by molar-refractivity contribution is -0.00498. The highest BCUT2D eigenvalue weighted by molar-refractivity contribution is 5.07. The van der Waals surface area contributed by atoms with Crippen LogP contribution in [0.15, 0.2) is 0 Å². The van der Waals surface area contributed by atoms with Crippen molar-refractivity contribution in [1.82, 2.24) is 4.90 Å². The number of nitrogens with zero attached hydrogens (tertiary/aromatic N) is 1. The van der Waals surface area contributed by atoms with Gasteiger partial charge >= 0.3 is 0 Å². The monoisotopic (exact) mass is 179 g/mol. The molecule has 0 aromatic carbocycles. The molecule has 1 N–H and O–H groups in total. The van der Waals surface area contributed by atoms with Crippen LogP contribution in [0.4, 0.5) is 0 Å². The number of hydrogen-bond acceptors (Lipinski definition) is 2. The minimum absolute atomic E-state index is 0.345. The van der Waals surface area contributed by atoms with E-state index < -0.39 is 5.60 Å². The van der Waals surface area contributed by atoms with Crippen molar-refractivity contribution in [2.24, 2.45) is 0 Å². The van der Waals surface area contributed by atoms with Crippen molar-refractivity contribution < 1.29 is 5.11 Å². The molecule has 72 valence electrons. The second-order valence-corrected chi connectivity index (χ2v) is 4.28. The molecule has 0 spiro atoms. The molecule has 0 bridgehead atoms. The highest BCUT2D eigenvalue weighted by atomic mass is 16.3. The molecule has 2 heterocycles. The van der Waals surface area contributed by atoms with E-state index >= 15 is 0 Å². The summed E-state index contributed by atoms with van der Waals surface area (Å²) in [6.45, 7) is 2.18. The minimum atomic E-state index is -0.574. The molecule has 2 heteroatoms. The lowest BCUT2D eigenvalue weighted by Crippen LogP contribution is -2.46. The molecule has 0 saturated carbocycles. The van der Waals surface area contributed by atoms with Crippen LogP contribution in [0, 0.1) is 12.3 Å². The summed E-state index contributed by atoms with van der Waals surface area (Å²) in [5.74, 6) is 2.61. The van der Waals surface area contributed by atoms with Crippen LogP contribution < -0.4 is 0 Å². The Morgan fingerprint density at radius 1 is 1.46 bits per heavy atom. The summed E-state index contributed by atoms with van der Waals surface area (Å²) in [7, 11) is 0. The average molecular weight is 179 g/mol. The van der Waals surface area contributed by atoms with Crippen molar-refractivity contribution in [1.29, 1.82) is 0 Å². The fourth-order valence-electron chi connectivity index (χ4n) is 2.75. The van der Waals surface area contributed by atoms with Gasteiger partial charge in [-0.15, -0.1) is 12.3 Å². The summed E-state index contributed by atoms with van der Waals surface area (Å²) in [4.78, 5) is 2.40. The molecular formula is C11H17NO. The lowest BCUT2D eigenvalue weighted by atomic mass is 9.86. The van der Waals surface area contributed by atoms with Gasteiger partial charge in [-0.1, -0.05) is 6.42 Å². The zero-order valence-corrected chi connectivity index (χ0v) is 8.00. The third-order valence-corrected chi connectivity index (χ3v) is 3.47. The Labute approximate surface area is 79.9 Å². The molecule has 2 fully saturated rings. The summed E-state index contributed by atoms with van der Waals surface area (Å²) >= 11 is 0. The van der Waals surface area contributed by atoms with E-state index in [4.69, 9.17) is 6.42 Å². The van der Waals surface area contributed by atoms with Gasteiger partial charge < -0.3 is 5.11 Å². The van der Waals surface area contributed by atoms with Crippen LogP contribution in [0.1, 0.15) is 32.1 Å². The number of aliphatic hydroxyl groups is 1. The van der Waals surface area contributed by atoms with Gasteiger partial charge in [0.2, 0.25) is 0 Å². The zero-order chi connectivity index (χ0) is 9.31. The van der Waals surface area contributed by atoms with Gasteiger partial charge in [0.05, 0.1) is 5.60 Å². The van der Waals surface area contributed by atoms with Crippen LogP contribution in [0.2, 0.25) is 0 Å². The smallest absolute Gasteiger partial charge is 0.0922 e. The largest absolute Gasteiger partial charge is 0.387 e. The van der Waals surface area contributed by atoms with Gasteiger partial charge in [0, 0.05) is 19.0 Å². The number of piperidine rings is 1. The van der Waals surface area contributed by atoms with Crippen LogP contribution >= 0.6 is 0 Å². The van der Waals surface area contributed by atoms with E-state index in [9.17, 15) is 5.11 Å². The normalized spacial score (nSPS) is 39.8. The van der Waals surface area contributed by atoms with Crippen molar-refractivity contribution in [3.05, 3.63) is 0 Å². The number of hydrogen-bond donors (Lipinski definition) is 1. The van der Waals surface area contributed by atoms with E-state index in [-0.39, 0.29) is 0 Å². The van der Waals surface area contributed by atoms with Crippen molar-refractivity contribution in [2.75, 3.05) is 13.1 Å². The maximum absolute atomic E-state index is 10.3. The van der Waals surface area contributed by atoms with Crippen LogP contribution in [0.5, 0.6) is 0 Å². The lowest BCUT2D eigenvalue weighted by Gasteiger charge is -2.36. The highest BCUT2D eigenvalue weighted by Gasteiger charge is 2.45. The maximum atomic E-state index is 10.3. The minimum Gasteiger partial charge on any atom is -0.387 e. The Bertz CT molecular complexity index is 233. The van der Waals surface area contributed by atoms with Gasteiger partial charge in [-0.05, 0) is 25.8 Å². The molecule has 2 rings (SSSR count). The van der Waals surface area contributed by atoms with Crippen LogP contribution in [-0.2, 0) is 0 Å². The Morgan fingerprint density at radius 3 is 3.08 bits per heavy atom. The van der Waals surface area contributed by atoms with Gasteiger partial charge in [-0.25, -0.2) is 0 Å². The Kier molecular flexibility index (Phi) is 2.31. The van der Waals surface area contributed by atoms with E-state index in [0.717, 1.165) is 25.9 Å². The molecule has 0 amide bonds. The first-order valence-corrected chi connectivity index (χ1v) is 5.16. The molecule has 0 radical (unpaired) electrons. The van der Waals surface area contributed by atoms with E-state index in [1.54, 1.807) is 0 Å². The number of terminal acetylenes is 1. The molecule has 2 atom stereocenters. The SMILES string of the molecule is C#CCC1(O)CCN2CCCCC21. The van der Waals surface area contributed by atoms with Crippen molar-refractivity contribution >= 4 is 0 Å². The van der Waals surface area contributed by atoms with E-state index in [1.165, 1.54) is 12.8 Å². The Hall–Kier alpha value is -0.520. The standard InChI is InChI=1S/C11H17NO/c1-2-6-11(13)7-9-12-8-4-3-5-10(11)12/h1,10,13H,3-9H2. The van der Waals surface area contributed by atoms with Crippen molar-refractivity contribution in [3.63, 3.8) is 0 Å². The molecule has 2 saturated heterocycles. The summed E-state index contributed by atoms with van der Waals surface area (Å²) < 4.78 is 0. The predicted molar refractivity (Wildman–Crippen MR) is 52.2 cm³/mol. The fourth-order valence-corrected chi connectivity index (χ4v) is 2.75. The Morgan fingerprint density at radius 2 is 2.31 bits per heavy atom.